The Balaban J connectivity index is 2.63. The first-order valence-corrected chi connectivity index (χ1v) is 3.73. The van der Waals surface area contributed by atoms with E-state index in [9.17, 15) is 10.2 Å². The molecule has 1 atom stereocenters. The Labute approximate surface area is 69.4 Å². The fraction of sp³-hybridized carbons (Fsp3) is 0.375. The largest absolute Gasteiger partial charge is 0.502 e. The molecule has 3 N–H and O–H groups in total. The lowest BCUT2D eigenvalue weighted by Crippen LogP contribution is -2.09. The molecular formula is C8H10NO3+. The monoisotopic (exact) mass is 168 g/mol. The van der Waals surface area contributed by atoms with Crippen molar-refractivity contribution < 1.29 is 19.9 Å². The van der Waals surface area contributed by atoms with Gasteiger partial charge in [0, 0.05) is 6.92 Å². The second-order valence-corrected chi connectivity index (χ2v) is 2.86. The highest BCUT2D eigenvalue weighted by atomic mass is 16.6. The highest BCUT2D eigenvalue weighted by Gasteiger charge is 2.28. The maximum Gasteiger partial charge on any atom is 0.219 e. The number of rotatable bonds is 0. The molecule has 2 rings (SSSR count). The second kappa shape index (κ2) is 2.43. The fourth-order valence-electron chi connectivity index (χ4n) is 1.34. The maximum atomic E-state index is 9.52. The average Bonchev–Trinajstić information content (AvgIpc) is 2.41. The van der Waals surface area contributed by atoms with Crippen LogP contribution in [-0.4, -0.2) is 10.2 Å². The molecule has 0 radical (unpaired) electrons. The van der Waals surface area contributed by atoms with Crippen molar-refractivity contribution in [2.45, 2.75) is 19.8 Å². The van der Waals surface area contributed by atoms with E-state index in [0.717, 1.165) is 5.56 Å². The summed E-state index contributed by atoms with van der Waals surface area (Å²) < 4.78 is 4.93. The molecule has 1 aliphatic rings. The summed E-state index contributed by atoms with van der Waals surface area (Å²) in [6, 6.07) is 0. The lowest BCUT2D eigenvalue weighted by Gasteiger charge is -2.03. The molecular weight excluding hydrogens is 158 g/mol. The first kappa shape index (κ1) is 7.52. The summed E-state index contributed by atoms with van der Waals surface area (Å²) in [7, 11) is 0. The van der Waals surface area contributed by atoms with E-state index in [1.165, 1.54) is 0 Å². The van der Waals surface area contributed by atoms with Gasteiger partial charge in [-0.15, -0.1) is 0 Å². The zero-order valence-corrected chi connectivity index (χ0v) is 6.66. The standard InChI is InChI=1S/C8H9NO3/c1-4-7(10)6-5(2-9-4)3-12-8(6)11/h2,8,10-11H,3H2,1H3/p+1/t8-/m1/s1. The van der Waals surface area contributed by atoms with Crippen LogP contribution in [0.5, 0.6) is 5.75 Å². The van der Waals surface area contributed by atoms with Gasteiger partial charge in [0.2, 0.25) is 5.69 Å². The molecule has 2 heterocycles. The number of aliphatic hydroxyl groups is 1. The van der Waals surface area contributed by atoms with Crippen LogP contribution in [0.15, 0.2) is 6.20 Å². The van der Waals surface area contributed by atoms with Gasteiger partial charge in [0.05, 0.1) is 17.7 Å². The molecule has 0 aromatic carbocycles. The molecule has 0 saturated carbocycles. The number of ether oxygens (including phenoxy) is 1. The average molecular weight is 168 g/mol. The molecule has 1 aliphatic heterocycles. The number of aromatic hydroxyl groups is 1. The summed E-state index contributed by atoms with van der Waals surface area (Å²) in [6.07, 6.45) is 0.758. The second-order valence-electron chi connectivity index (χ2n) is 2.86. The van der Waals surface area contributed by atoms with Crippen LogP contribution < -0.4 is 4.98 Å². The van der Waals surface area contributed by atoms with E-state index in [2.05, 4.69) is 4.98 Å². The SMILES string of the molecule is Cc1[nH+]cc2c(c1O)[C@H](O)OC2. The van der Waals surface area contributed by atoms with E-state index in [0.29, 0.717) is 17.9 Å². The van der Waals surface area contributed by atoms with Gasteiger partial charge in [-0.05, 0) is 0 Å². The van der Waals surface area contributed by atoms with E-state index < -0.39 is 6.29 Å². The predicted molar refractivity (Wildman–Crippen MR) is 39.1 cm³/mol. The fourth-order valence-corrected chi connectivity index (χ4v) is 1.34. The Morgan fingerprint density at radius 2 is 2.42 bits per heavy atom. The van der Waals surface area contributed by atoms with Gasteiger partial charge in [0.25, 0.3) is 0 Å². The van der Waals surface area contributed by atoms with Crippen LogP contribution in [0.4, 0.5) is 0 Å². The lowest BCUT2D eigenvalue weighted by atomic mass is 10.1. The van der Waals surface area contributed by atoms with E-state index in [1.807, 2.05) is 0 Å². The molecule has 64 valence electrons. The van der Waals surface area contributed by atoms with Gasteiger partial charge in [0.15, 0.2) is 18.2 Å². The summed E-state index contributed by atoms with van der Waals surface area (Å²) in [5.74, 6) is 0.0949. The van der Waals surface area contributed by atoms with E-state index in [1.54, 1.807) is 13.1 Å². The number of aliphatic hydroxyl groups excluding tert-OH is 1. The number of aromatic nitrogens is 1. The molecule has 0 unspecified atom stereocenters. The summed E-state index contributed by atoms with van der Waals surface area (Å²) in [5, 5.41) is 18.8. The number of hydrogen-bond acceptors (Lipinski definition) is 3. The van der Waals surface area contributed by atoms with Crippen molar-refractivity contribution in [3.63, 3.8) is 0 Å². The summed E-state index contributed by atoms with van der Waals surface area (Å²) in [5.41, 5.74) is 1.94. The first-order valence-electron chi connectivity index (χ1n) is 3.73. The van der Waals surface area contributed by atoms with Gasteiger partial charge >= 0.3 is 0 Å². The van der Waals surface area contributed by atoms with Crippen LogP contribution in [-0.2, 0) is 11.3 Å². The van der Waals surface area contributed by atoms with Crippen molar-refractivity contribution in [2.75, 3.05) is 0 Å². The maximum absolute atomic E-state index is 9.52. The highest BCUT2D eigenvalue weighted by molar-refractivity contribution is 5.40. The van der Waals surface area contributed by atoms with Crippen molar-refractivity contribution in [1.29, 1.82) is 0 Å². The molecule has 12 heavy (non-hydrogen) atoms. The molecule has 0 spiro atoms. The van der Waals surface area contributed by atoms with Gasteiger partial charge in [-0.1, -0.05) is 0 Å². The molecule has 0 amide bonds. The molecule has 4 nitrogen and oxygen atoms in total. The van der Waals surface area contributed by atoms with Crippen LogP contribution >= 0.6 is 0 Å². The van der Waals surface area contributed by atoms with Crippen molar-refractivity contribution >= 4 is 0 Å². The molecule has 4 heteroatoms. The van der Waals surface area contributed by atoms with Crippen LogP contribution in [0.2, 0.25) is 0 Å². The van der Waals surface area contributed by atoms with Gasteiger partial charge in [-0.2, -0.15) is 0 Å². The smallest absolute Gasteiger partial charge is 0.219 e. The molecule has 1 aromatic rings. The first-order chi connectivity index (χ1) is 5.70. The van der Waals surface area contributed by atoms with Crippen LogP contribution in [0.3, 0.4) is 0 Å². The summed E-state index contributed by atoms with van der Waals surface area (Å²) in [6.45, 7) is 2.08. The number of hydrogen-bond donors (Lipinski definition) is 2. The Morgan fingerprint density at radius 1 is 1.67 bits per heavy atom. The van der Waals surface area contributed by atoms with E-state index in [-0.39, 0.29) is 5.75 Å². The van der Waals surface area contributed by atoms with E-state index >= 15 is 0 Å². The molecule has 0 saturated heterocycles. The topological polar surface area (TPSA) is 63.8 Å². The predicted octanol–water partition coefficient (Wildman–Crippen LogP) is 0.0358. The quantitative estimate of drug-likeness (QED) is 0.574. The number of pyridine rings is 1. The normalized spacial score (nSPS) is 21.0. The third kappa shape index (κ3) is 0.888. The molecule has 0 aliphatic carbocycles. The number of aryl methyl sites for hydroxylation is 1. The van der Waals surface area contributed by atoms with Crippen LogP contribution in [0, 0.1) is 6.92 Å². The Morgan fingerprint density at radius 3 is 3.17 bits per heavy atom. The van der Waals surface area contributed by atoms with Crippen molar-refractivity contribution in [3.05, 3.63) is 23.0 Å². The summed E-state index contributed by atoms with van der Waals surface area (Å²) in [4.78, 5) is 2.88. The Hall–Kier alpha value is -1.13. The zero-order valence-electron chi connectivity index (χ0n) is 6.66. The van der Waals surface area contributed by atoms with Gasteiger partial charge in [-0.3, -0.25) is 0 Å². The number of H-pyrrole nitrogens is 1. The Bertz CT molecular complexity index is 324. The highest BCUT2D eigenvalue weighted by Crippen LogP contribution is 2.34. The minimum absolute atomic E-state index is 0.0949. The van der Waals surface area contributed by atoms with Crippen LogP contribution in [0.1, 0.15) is 23.1 Å². The van der Waals surface area contributed by atoms with Crippen LogP contribution in [0.25, 0.3) is 0 Å². The third-order valence-electron chi connectivity index (χ3n) is 2.06. The van der Waals surface area contributed by atoms with Gasteiger partial charge in [-0.25, -0.2) is 4.98 Å². The van der Waals surface area contributed by atoms with Crippen molar-refractivity contribution in [1.82, 2.24) is 0 Å². The minimum Gasteiger partial charge on any atom is -0.502 e. The zero-order chi connectivity index (χ0) is 8.72. The van der Waals surface area contributed by atoms with Crippen molar-refractivity contribution in [3.8, 4) is 5.75 Å². The lowest BCUT2D eigenvalue weighted by molar-refractivity contribution is -0.389. The number of nitrogens with one attached hydrogen (secondary N) is 1. The molecule has 1 aromatic heterocycles. The number of fused-ring (bicyclic) bond motifs is 1. The van der Waals surface area contributed by atoms with E-state index in [4.69, 9.17) is 4.74 Å². The minimum atomic E-state index is -0.978. The van der Waals surface area contributed by atoms with Gasteiger partial charge < -0.3 is 14.9 Å². The van der Waals surface area contributed by atoms with Crippen molar-refractivity contribution in [2.24, 2.45) is 0 Å². The molecule has 0 fully saturated rings. The Kier molecular flexibility index (Phi) is 1.52. The summed E-state index contributed by atoms with van der Waals surface area (Å²) >= 11 is 0. The van der Waals surface area contributed by atoms with Gasteiger partial charge in [0.1, 0.15) is 0 Å². The molecule has 0 bridgehead atoms. The third-order valence-corrected chi connectivity index (χ3v) is 2.06. The number of aromatic amines is 1.